The Labute approximate surface area is 166 Å². The van der Waals surface area contributed by atoms with Gasteiger partial charge in [-0.05, 0) is 42.6 Å². The summed E-state index contributed by atoms with van der Waals surface area (Å²) in [6.07, 6.45) is 2.04. The fraction of sp³-hybridized carbons (Fsp3) is 0.435. The predicted molar refractivity (Wildman–Crippen MR) is 108 cm³/mol. The van der Waals surface area contributed by atoms with Gasteiger partial charge in [-0.1, -0.05) is 42.5 Å². The number of nitrogens with zero attached hydrogens (tertiary/aromatic N) is 3. The number of piperazine rings is 1. The maximum absolute atomic E-state index is 13.4. The number of rotatable bonds is 5. The molecule has 148 valence electrons. The molecular formula is C23H28FN3O. The molecule has 2 fully saturated rings. The molecule has 1 amide bonds. The van der Waals surface area contributed by atoms with Gasteiger partial charge in [0.15, 0.2) is 0 Å². The van der Waals surface area contributed by atoms with E-state index in [1.54, 1.807) is 12.1 Å². The molecule has 0 bridgehead atoms. The van der Waals surface area contributed by atoms with Crippen LogP contribution in [0, 0.1) is 5.82 Å². The van der Waals surface area contributed by atoms with Gasteiger partial charge in [0.2, 0.25) is 5.91 Å². The molecule has 0 N–H and O–H groups in total. The third kappa shape index (κ3) is 4.59. The number of carbonyl (C=O) groups excluding carboxylic acids is 1. The van der Waals surface area contributed by atoms with E-state index in [0.717, 1.165) is 64.2 Å². The van der Waals surface area contributed by atoms with Crippen LogP contribution in [0.15, 0.2) is 54.6 Å². The number of hydrogen-bond donors (Lipinski definition) is 0. The zero-order valence-electron chi connectivity index (χ0n) is 16.3. The Morgan fingerprint density at radius 3 is 2.39 bits per heavy atom. The molecule has 0 radical (unpaired) electrons. The van der Waals surface area contributed by atoms with Crippen molar-refractivity contribution in [2.45, 2.75) is 32.0 Å². The van der Waals surface area contributed by atoms with Crippen LogP contribution in [0.4, 0.5) is 4.39 Å². The molecule has 2 heterocycles. The van der Waals surface area contributed by atoms with Crippen molar-refractivity contribution in [1.29, 1.82) is 0 Å². The van der Waals surface area contributed by atoms with Gasteiger partial charge in [-0.15, -0.1) is 0 Å². The molecule has 0 aromatic heterocycles. The average Bonchev–Trinajstić information content (AvgIpc) is 3.17. The molecule has 2 aromatic rings. The minimum absolute atomic E-state index is 0.00924. The van der Waals surface area contributed by atoms with Gasteiger partial charge in [0.05, 0.1) is 6.04 Å². The van der Waals surface area contributed by atoms with Crippen LogP contribution in [0.2, 0.25) is 0 Å². The smallest absolute Gasteiger partial charge is 0.240 e. The monoisotopic (exact) mass is 381 g/mol. The zero-order valence-corrected chi connectivity index (χ0v) is 16.3. The van der Waals surface area contributed by atoms with Crippen molar-refractivity contribution < 1.29 is 9.18 Å². The average molecular weight is 381 g/mol. The van der Waals surface area contributed by atoms with E-state index in [0.29, 0.717) is 0 Å². The second-order valence-electron chi connectivity index (χ2n) is 7.85. The fourth-order valence-corrected chi connectivity index (χ4v) is 4.34. The lowest BCUT2D eigenvalue weighted by Gasteiger charge is -2.37. The lowest BCUT2D eigenvalue weighted by atomic mass is 10.1. The molecule has 2 aromatic carbocycles. The summed E-state index contributed by atoms with van der Waals surface area (Å²) in [7, 11) is 0. The molecule has 1 atom stereocenters. The molecule has 5 heteroatoms. The summed E-state index contributed by atoms with van der Waals surface area (Å²) in [6.45, 7) is 5.76. The molecule has 2 saturated heterocycles. The number of likely N-dealkylation sites (tertiary alicyclic amines) is 1. The van der Waals surface area contributed by atoms with Crippen molar-refractivity contribution in [3.05, 3.63) is 71.5 Å². The highest BCUT2D eigenvalue weighted by molar-refractivity contribution is 5.82. The van der Waals surface area contributed by atoms with E-state index in [9.17, 15) is 9.18 Å². The maximum Gasteiger partial charge on any atom is 0.240 e. The van der Waals surface area contributed by atoms with E-state index >= 15 is 0 Å². The van der Waals surface area contributed by atoms with E-state index in [2.05, 4.69) is 34.1 Å². The predicted octanol–water partition coefficient (Wildman–Crippen LogP) is 3.13. The third-order valence-electron chi connectivity index (χ3n) is 5.86. The van der Waals surface area contributed by atoms with Crippen LogP contribution in [-0.2, 0) is 17.9 Å². The summed E-state index contributed by atoms with van der Waals surface area (Å²) in [5, 5.41) is 0. The standard InChI is InChI=1S/C23H28FN3O/c24-21-9-4-8-20(16-21)17-25-12-14-26(15-13-25)23(28)22-10-5-11-27(22)18-19-6-2-1-3-7-19/h1-4,6-9,16,22H,5,10-15,17-18H2. The minimum atomic E-state index is -0.189. The van der Waals surface area contributed by atoms with E-state index < -0.39 is 0 Å². The molecule has 0 aliphatic carbocycles. The second kappa shape index (κ2) is 8.84. The van der Waals surface area contributed by atoms with Crippen LogP contribution >= 0.6 is 0 Å². The topological polar surface area (TPSA) is 26.8 Å². The maximum atomic E-state index is 13.4. The number of benzene rings is 2. The first-order chi connectivity index (χ1) is 13.7. The highest BCUT2D eigenvalue weighted by atomic mass is 19.1. The Morgan fingerprint density at radius 2 is 1.64 bits per heavy atom. The van der Waals surface area contributed by atoms with Gasteiger partial charge in [-0.3, -0.25) is 14.6 Å². The van der Waals surface area contributed by atoms with Crippen LogP contribution in [-0.4, -0.2) is 59.4 Å². The number of amides is 1. The Bertz CT molecular complexity index is 789. The van der Waals surface area contributed by atoms with Crippen molar-refractivity contribution in [2.75, 3.05) is 32.7 Å². The molecule has 4 rings (SSSR count). The van der Waals surface area contributed by atoms with Crippen LogP contribution < -0.4 is 0 Å². The van der Waals surface area contributed by atoms with Crippen molar-refractivity contribution in [3.63, 3.8) is 0 Å². The van der Waals surface area contributed by atoms with Gasteiger partial charge in [0.25, 0.3) is 0 Å². The van der Waals surface area contributed by atoms with Gasteiger partial charge in [0, 0.05) is 39.3 Å². The fourth-order valence-electron chi connectivity index (χ4n) is 4.34. The summed E-state index contributed by atoms with van der Waals surface area (Å²) < 4.78 is 13.4. The lowest BCUT2D eigenvalue weighted by molar-refractivity contribution is -0.138. The van der Waals surface area contributed by atoms with Crippen LogP contribution in [0.25, 0.3) is 0 Å². The Balaban J connectivity index is 1.30. The van der Waals surface area contributed by atoms with Crippen LogP contribution in [0.5, 0.6) is 0 Å². The summed E-state index contributed by atoms with van der Waals surface area (Å²) in [6, 6.07) is 17.2. The molecule has 0 spiro atoms. The van der Waals surface area contributed by atoms with Gasteiger partial charge in [0.1, 0.15) is 5.82 Å². The van der Waals surface area contributed by atoms with Crippen molar-refractivity contribution in [3.8, 4) is 0 Å². The molecule has 2 aliphatic rings. The van der Waals surface area contributed by atoms with Gasteiger partial charge >= 0.3 is 0 Å². The molecule has 2 aliphatic heterocycles. The van der Waals surface area contributed by atoms with Crippen LogP contribution in [0.3, 0.4) is 0 Å². The van der Waals surface area contributed by atoms with Gasteiger partial charge in [-0.2, -0.15) is 0 Å². The molecule has 1 unspecified atom stereocenters. The summed E-state index contributed by atoms with van der Waals surface area (Å²) in [4.78, 5) is 19.8. The van der Waals surface area contributed by atoms with Crippen molar-refractivity contribution in [1.82, 2.24) is 14.7 Å². The summed E-state index contributed by atoms with van der Waals surface area (Å²) >= 11 is 0. The van der Waals surface area contributed by atoms with Crippen molar-refractivity contribution in [2.24, 2.45) is 0 Å². The Hall–Kier alpha value is -2.24. The third-order valence-corrected chi connectivity index (χ3v) is 5.86. The highest BCUT2D eigenvalue weighted by Crippen LogP contribution is 2.22. The Morgan fingerprint density at radius 1 is 0.893 bits per heavy atom. The summed E-state index contributed by atoms with van der Waals surface area (Å²) in [5.74, 6) is 0.0879. The minimum Gasteiger partial charge on any atom is -0.339 e. The lowest BCUT2D eigenvalue weighted by Crippen LogP contribution is -2.53. The van der Waals surface area contributed by atoms with Gasteiger partial charge in [-0.25, -0.2) is 4.39 Å². The highest BCUT2D eigenvalue weighted by Gasteiger charge is 2.34. The zero-order chi connectivity index (χ0) is 19.3. The second-order valence-corrected chi connectivity index (χ2v) is 7.85. The molecular weight excluding hydrogens is 353 g/mol. The number of hydrogen-bond acceptors (Lipinski definition) is 3. The van der Waals surface area contributed by atoms with E-state index in [1.807, 2.05) is 17.0 Å². The quantitative estimate of drug-likeness (QED) is 0.796. The first-order valence-corrected chi connectivity index (χ1v) is 10.2. The Kier molecular flexibility index (Phi) is 6.03. The van der Waals surface area contributed by atoms with Gasteiger partial charge < -0.3 is 4.90 Å². The van der Waals surface area contributed by atoms with E-state index in [1.165, 1.54) is 11.6 Å². The molecule has 0 saturated carbocycles. The summed E-state index contributed by atoms with van der Waals surface area (Å²) in [5.41, 5.74) is 2.26. The molecule has 4 nitrogen and oxygen atoms in total. The number of carbonyl (C=O) groups is 1. The van der Waals surface area contributed by atoms with E-state index in [-0.39, 0.29) is 17.8 Å². The number of halogens is 1. The first-order valence-electron chi connectivity index (χ1n) is 10.2. The first kappa shape index (κ1) is 19.1. The normalized spacial score (nSPS) is 21.2. The van der Waals surface area contributed by atoms with E-state index in [4.69, 9.17) is 0 Å². The van der Waals surface area contributed by atoms with Crippen LogP contribution in [0.1, 0.15) is 24.0 Å². The molecule has 28 heavy (non-hydrogen) atoms. The van der Waals surface area contributed by atoms with Crippen molar-refractivity contribution >= 4 is 5.91 Å². The SMILES string of the molecule is O=C(C1CCCN1Cc1ccccc1)N1CCN(Cc2cccc(F)c2)CC1. The largest absolute Gasteiger partial charge is 0.339 e.